The van der Waals surface area contributed by atoms with Gasteiger partial charge in [0.25, 0.3) is 0 Å². The first-order valence-electron chi connectivity index (χ1n) is 10.4. The third-order valence-electron chi connectivity index (χ3n) is 9.50. The quantitative estimate of drug-likeness (QED) is 0.457. The van der Waals surface area contributed by atoms with Crippen LogP contribution in [0.3, 0.4) is 0 Å². The number of carbonyl (C=O) groups is 1. The Bertz CT molecular complexity index is 653. The SMILES string of the molecule is CC(=O)[C@@H]1CC[C@@]2(O)[C@]1(C)[C@H](O)[C@@H](O)[C@@H]1[C@@]3(C)CC[C@H](O)CC3CC[C@]12O. The maximum Gasteiger partial charge on any atom is 0.133 e. The van der Waals surface area contributed by atoms with Gasteiger partial charge in [0.1, 0.15) is 11.4 Å². The van der Waals surface area contributed by atoms with Crippen molar-refractivity contribution >= 4 is 5.78 Å². The Morgan fingerprint density at radius 2 is 1.63 bits per heavy atom. The van der Waals surface area contributed by atoms with Crippen molar-refractivity contribution in [2.24, 2.45) is 28.6 Å². The molecule has 6 heteroatoms. The number of fused-ring (bicyclic) bond motifs is 5. The number of hydrogen-bond acceptors (Lipinski definition) is 6. The Kier molecular flexibility index (Phi) is 4.22. The van der Waals surface area contributed by atoms with E-state index in [-0.39, 0.29) is 24.2 Å². The second-order valence-corrected chi connectivity index (χ2v) is 10.4. The van der Waals surface area contributed by atoms with E-state index in [9.17, 15) is 30.3 Å². The van der Waals surface area contributed by atoms with Crippen molar-refractivity contribution in [1.82, 2.24) is 0 Å². The van der Waals surface area contributed by atoms with Gasteiger partial charge in [-0.05, 0) is 63.2 Å². The molecule has 10 atom stereocenters. The van der Waals surface area contributed by atoms with Crippen LogP contribution in [0.1, 0.15) is 65.7 Å². The number of aliphatic hydroxyl groups excluding tert-OH is 3. The van der Waals surface area contributed by atoms with Crippen molar-refractivity contribution in [3.8, 4) is 0 Å². The lowest BCUT2D eigenvalue weighted by molar-refractivity contribution is -0.346. The van der Waals surface area contributed by atoms with Gasteiger partial charge in [-0.1, -0.05) is 13.8 Å². The normalized spacial score (nSPS) is 60.3. The molecule has 5 N–H and O–H groups in total. The van der Waals surface area contributed by atoms with E-state index in [4.69, 9.17) is 0 Å². The molecule has 0 aliphatic heterocycles. The fourth-order valence-corrected chi connectivity index (χ4v) is 7.99. The van der Waals surface area contributed by atoms with E-state index in [2.05, 4.69) is 0 Å². The number of hydrogen-bond donors (Lipinski definition) is 5. The van der Waals surface area contributed by atoms with Crippen LogP contribution in [0.4, 0.5) is 0 Å². The van der Waals surface area contributed by atoms with Crippen molar-refractivity contribution in [2.45, 2.75) is 95.2 Å². The molecule has 154 valence electrons. The fraction of sp³-hybridized carbons (Fsp3) is 0.952. The van der Waals surface area contributed by atoms with Crippen LogP contribution in [0.5, 0.6) is 0 Å². The molecule has 4 aliphatic carbocycles. The van der Waals surface area contributed by atoms with Gasteiger partial charge in [0.05, 0.1) is 23.9 Å². The maximum atomic E-state index is 12.3. The van der Waals surface area contributed by atoms with Crippen LogP contribution < -0.4 is 0 Å². The number of ketones is 1. The van der Waals surface area contributed by atoms with E-state index in [1.165, 1.54) is 6.92 Å². The highest BCUT2D eigenvalue weighted by Crippen LogP contribution is 2.70. The fourth-order valence-electron chi connectivity index (χ4n) is 7.99. The minimum Gasteiger partial charge on any atom is -0.393 e. The first-order chi connectivity index (χ1) is 12.4. The van der Waals surface area contributed by atoms with Crippen molar-refractivity contribution in [2.75, 3.05) is 0 Å². The van der Waals surface area contributed by atoms with E-state index in [1.54, 1.807) is 6.92 Å². The first-order valence-corrected chi connectivity index (χ1v) is 10.4. The molecule has 0 spiro atoms. The van der Waals surface area contributed by atoms with Crippen LogP contribution in [0, 0.1) is 28.6 Å². The van der Waals surface area contributed by atoms with Crippen molar-refractivity contribution in [1.29, 1.82) is 0 Å². The van der Waals surface area contributed by atoms with Gasteiger partial charge < -0.3 is 25.5 Å². The van der Waals surface area contributed by atoms with E-state index in [1.807, 2.05) is 6.92 Å². The molecule has 0 saturated heterocycles. The standard InChI is InChI=1S/C21H34O6/c1-11(22)14-6-9-21(27)19(14,3)17(25)15(24)16-18(2)7-5-13(23)10-12(18)4-8-20(16,21)26/h12-17,23-27H,4-10H2,1-3H3/t12?,13-,14-,15-,16+,17+,18-,19-,20-,21+/m0/s1. The summed E-state index contributed by atoms with van der Waals surface area (Å²) >= 11 is 0. The molecule has 0 aromatic rings. The molecule has 27 heavy (non-hydrogen) atoms. The Morgan fingerprint density at radius 3 is 2.26 bits per heavy atom. The van der Waals surface area contributed by atoms with Gasteiger partial charge in [-0.3, -0.25) is 4.79 Å². The third kappa shape index (κ3) is 2.11. The summed E-state index contributed by atoms with van der Waals surface area (Å²) < 4.78 is 0. The molecule has 0 aromatic carbocycles. The topological polar surface area (TPSA) is 118 Å². The second-order valence-electron chi connectivity index (χ2n) is 10.4. The minimum atomic E-state index is -1.62. The third-order valence-corrected chi connectivity index (χ3v) is 9.50. The van der Waals surface area contributed by atoms with Gasteiger partial charge in [-0.2, -0.15) is 0 Å². The summed E-state index contributed by atoms with van der Waals surface area (Å²) in [7, 11) is 0. The molecule has 1 unspecified atom stereocenters. The van der Waals surface area contributed by atoms with Gasteiger partial charge in [0.2, 0.25) is 0 Å². The number of aliphatic hydroxyl groups is 5. The highest BCUT2D eigenvalue weighted by atomic mass is 16.4. The lowest BCUT2D eigenvalue weighted by Crippen LogP contribution is -2.80. The van der Waals surface area contributed by atoms with Crippen LogP contribution in [0.2, 0.25) is 0 Å². The molecular formula is C21H34O6. The number of carbonyl (C=O) groups excluding carboxylic acids is 1. The molecule has 0 bridgehead atoms. The summed E-state index contributed by atoms with van der Waals surface area (Å²) in [4.78, 5) is 12.3. The average molecular weight is 382 g/mol. The summed E-state index contributed by atoms with van der Waals surface area (Å²) in [6, 6.07) is 0. The highest BCUT2D eigenvalue weighted by Gasteiger charge is 2.79. The van der Waals surface area contributed by atoms with Gasteiger partial charge in [-0.15, -0.1) is 0 Å². The average Bonchev–Trinajstić information content (AvgIpc) is 2.88. The van der Waals surface area contributed by atoms with Crippen LogP contribution in [0.25, 0.3) is 0 Å². The zero-order valence-electron chi connectivity index (χ0n) is 16.6. The van der Waals surface area contributed by atoms with Gasteiger partial charge in [0.15, 0.2) is 0 Å². The van der Waals surface area contributed by atoms with Crippen LogP contribution in [-0.2, 0) is 4.79 Å². The molecule has 6 nitrogen and oxygen atoms in total. The largest absolute Gasteiger partial charge is 0.393 e. The van der Waals surface area contributed by atoms with E-state index in [0.29, 0.717) is 38.5 Å². The zero-order chi connectivity index (χ0) is 20.0. The predicted molar refractivity (Wildman–Crippen MR) is 97.6 cm³/mol. The highest BCUT2D eigenvalue weighted by molar-refractivity contribution is 5.80. The van der Waals surface area contributed by atoms with E-state index >= 15 is 0 Å². The molecule has 4 rings (SSSR count). The molecular weight excluding hydrogens is 348 g/mol. The Labute approximate surface area is 160 Å². The van der Waals surface area contributed by atoms with Gasteiger partial charge >= 0.3 is 0 Å². The summed E-state index contributed by atoms with van der Waals surface area (Å²) in [5.41, 5.74) is -4.93. The number of rotatable bonds is 1. The van der Waals surface area contributed by atoms with Crippen LogP contribution in [0.15, 0.2) is 0 Å². The number of Topliss-reactive ketones (excluding diaryl/α,β-unsaturated/α-hetero) is 1. The van der Waals surface area contributed by atoms with Gasteiger partial charge in [0, 0.05) is 17.3 Å². The molecule has 4 saturated carbocycles. The Balaban J connectivity index is 1.85. The molecule has 4 aliphatic rings. The molecule has 0 aromatic heterocycles. The molecule has 0 heterocycles. The summed E-state index contributed by atoms with van der Waals surface area (Å²) in [6.07, 6.45) is 0.590. The van der Waals surface area contributed by atoms with E-state index in [0.717, 1.165) is 0 Å². The lowest BCUT2D eigenvalue weighted by Gasteiger charge is -2.69. The van der Waals surface area contributed by atoms with Crippen molar-refractivity contribution in [3.63, 3.8) is 0 Å². The van der Waals surface area contributed by atoms with Crippen molar-refractivity contribution < 1.29 is 30.3 Å². The maximum absolute atomic E-state index is 12.3. The predicted octanol–water partition coefficient (Wildman–Crippen LogP) is 0.767. The molecule has 4 fully saturated rings. The summed E-state index contributed by atoms with van der Waals surface area (Å²) in [6.45, 7) is 5.14. The zero-order valence-corrected chi connectivity index (χ0v) is 16.6. The monoisotopic (exact) mass is 382 g/mol. The van der Waals surface area contributed by atoms with Crippen molar-refractivity contribution in [3.05, 3.63) is 0 Å². The summed E-state index contributed by atoms with van der Waals surface area (Å²) in [5, 5.41) is 56.4. The minimum absolute atomic E-state index is 0.123. The van der Waals surface area contributed by atoms with Gasteiger partial charge in [-0.25, -0.2) is 0 Å². The Hall–Kier alpha value is -0.530. The lowest BCUT2D eigenvalue weighted by atomic mass is 9.40. The van der Waals surface area contributed by atoms with E-state index < -0.39 is 46.1 Å². The molecule has 0 radical (unpaired) electrons. The summed E-state index contributed by atoms with van der Waals surface area (Å²) in [5.74, 6) is -1.26. The first kappa shape index (κ1) is 19.8. The van der Waals surface area contributed by atoms with Crippen LogP contribution >= 0.6 is 0 Å². The smallest absolute Gasteiger partial charge is 0.133 e. The van der Waals surface area contributed by atoms with Crippen LogP contribution in [-0.4, -0.2) is 60.8 Å². The second kappa shape index (κ2) is 5.76. The molecule has 0 amide bonds. The Morgan fingerprint density at radius 1 is 0.963 bits per heavy atom.